The van der Waals surface area contributed by atoms with Crippen molar-refractivity contribution in [2.24, 2.45) is 0 Å². The summed E-state index contributed by atoms with van der Waals surface area (Å²) in [5.41, 5.74) is 0.935. The van der Waals surface area contributed by atoms with Crippen LogP contribution in [0.5, 0.6) is 11.5 Å². The van der Waals surface area contributed by atoms with Gasteiger partial charge in [-0.15, -0.1) is 30.0 Å². The first-order valence-corrected chi connectivity index (χ1v) is 18.2. The van der Waals surface area contributed by atoms with Gasteiger partial charge in [-0.25, -0.2) is 37.7 Å². The number of phenolic OH excluding ortho intramolecular Hbond substituents is 2. The standard InChI is InChI=1S/C38H36N12O10/c1-23(51)39-20-46-36(56)47(21-40-34(54)59-16-14-24-10-12-32(52)30(18-24)49-42-26-6-2-3-7-27(26)43-49)38(58)48(37(46)57)22-41-35(55)60-17-15-25-11-13-33(53)31(19-25)50-44-28-8-4-5-9-29(28)45-50/h2-13,18-19,52-53H,14-17,20-22H2,1H3,(H,39,51)(H,40,54)(H,41,55). The van der Waals surface area contributed by atoms with Crippen molar-refractivity contribution in [2.75, 3.05) is 13.2 Å². The summed E-state index contributed by atoms with van der Waals surface area (Å²) in [6.45, 7) is -1.27. The van der Waals surface area contributed by atoms with Crippen LogP contribution in [0.2, 0.25) is 0 Å². The third kappa shape index (κ3) is 8.96. The molecule has 3 heterocycles. The first-order chi connectivity index (χ1) is 28.9. The second-order valence-corrected chi connectivity index (χ2v) is 13.1. The smallest absolute Gasteiger partial charge is 0.408 e. The van der Waals surface area contributed by atoms with E-state index in [4.69, 9.17) is 9.47 Å². The molecular formula is C38H36N12O10. The van der Waals surface area contributed by atoms with Gasteiger partial charge in [-0.2, -0.15) is 0 Å². The summed E-state index contributed by atoms with van der Waals surface area (Å²) >= 11 is 0. The molecule has 3 amide bonds. The van der Waals surface area contributed by atoms with Gasteiger partial charge in [0.05, 0.1) is 13.2 Å². The quantitative estimate of drug-likeness (QED) is 0.102. The minimum Gasteiger partial charge on any atom is -0.506 e. The van der Waals surface area contributed by atoms with E-state index in [0.717, 1.165) is 6.92 Å². The predicted molar refractivity (Wildman–Crippen MR) is 210 cm³/mol. The van der Waals surface area contributed by atoms with Crippen LogP contribution in [0.4, 0.5) is 9.59 Å². The van der Waals surface area contributed by atoms with Crippen LogP contribution in [0, 0.1) is 0 Å². The molecule has 4 aromatic carbocycles. The zero-order valence-electron chi connectivity index (χ0n) is 31.7. The minimum absolute atomic E-state index is 0.0700. The van der Waals surface area contributed by atoms with E-state index in [1.54, 1.807) is 48.5 Å². The molecule has 308 valence electrons. The Bertz CT molecular complexity index is 2680. The van der Waals surface area contributed by atoms with Crippen molar-refractivity contribution < 1.29 is 34.1 Å². The van der Waals surface area contributed by atoms with Crippen molar-refractivity contribution >= 4 is 40.2 Å². The van der Waals surface area contributed by atoms with Gasteiger partial charge in [-0.1, -0.05) is 36.4 Å². The van der Waals surface area contributed by atoms with Gasteiger partial charge in [0.15, 0.2) is 0 Å². The van der Waals surface area contributed by atoms with Crippen molar-refractivity contribution in [2.45, 2.75) is 39.8 Å². The molecule has 0 bridgehead atoms. The number of rotatable bonds is 14. The van der Waals surface area contributed by atoms with E-state index in [2.05, 4.69) is 36.3 Å². The second-order valence-electron chi connectivity index (χ2n) is 13.1. The number of nitrogens with one attached hydrogen (secondary N) is 3. The number of carbonyl (C=O) groups excluding carboxylic acids is 3. The number of ether oxygens (including phenoxy) is 2. The highest BCUT2D eigenvalue weighted by Crippen LogP contribution is 2.25. The summed E-state index contributed by atoms with van der Waals surface area (Å²) in [7, 11) is 0. The lowest BCUT2D eigenvalue weighted by atomic mass is 10.1. The molecule has 0 radical (unpaired) electrons. The average Bonchev–Trinajstić information content (AvgIpc) is 3.87. The molecule has 0 unspecified atom stereocenters. The van der Waals surface area contributed by atoms with E-state index in [1.165, 1.54) is 21.7 Å². The molecule has 5 N–H and O–H groups in total. The number of nitrogens with zero attached hydrogens (tertiary/aromatic N) is 9. The number of amides is 3. The fourth-order valence-electron chi connectivity index (χ4n) is 5.90. The van der Waals surface area contributed by atoms with E-state index in [-0.39, 0.29) is 37.6 Å². The zero-order chi connectivity index (χ0) is 42.3. The lowest BCUT2D eigenvalue weighted by Gasteiger charge is -2.15. The lowest BCUT2D eigenvalue weighted by molar-refractivity contribution is -0.119. The number of benzene rings is 4. The summed E-state index contributed by atoms with van der Waals surface area (Å²) in [5.74, 6) is -0.724. The number of aromatic nitrogens is 9. The van der Waals surface area contributed by atoms with Gasteiger partial charge < -0.3 is 35.6 Å². The first-order valence-electron chi connectivity index (χ1n) is 18.2. The third-order valence-electron chi connectivity index (χ3n) is 8.97. The summed E-state index contributed by atoms with van der Waals surface area (Å²) in [5, 5.41) is 45.2. The highest BCUT2D eigenvalue weighted by Gasteiger charge is 2.18. The van der Waals surface area contributed by atoms with Crippen LogP contribution in [-0.2, 0) is 47.1 Å². The molecule has 22 heteroatoms. The highest BCUT2D eigenvalue weighted by molar-refractivity contribution is 5.75. The Labute approximate surface area is 336 Å². The van der Waals surface area contributed by atoms with Gasteiger partial charge >= 0.3 is 29.3 Å². The molecule has 60 heavy (non-hydrogen) atoms. The van der Waals surface area contributed by atoms with Crippen LogP contribution in [0.3, 0.4) is 0 Å². The van der Waals surface area contributed by atoms with E-state index in [9.17, 15) is 39.0 Å². The molecule has 0 spiro atoms. The van der Waals surface area contributed by atoms with E-state index >= 15 is 0 Å². The molecule has 3 aromatic heterocycles. The molecule has 0 saturated carbocycles. The van der Waals surface area contributed by atoms with Gasteiger partial charge in [0.25, 0.3) is 0 Å². The Hall–Kier alpha value is -8.30. The normalized spacial score (nSPS) is 11.1. The van der Waals surface area contributed by atoms with Crippen molar-refractivity contribution in [3.8, 4) is 22.9 Å². The second kappa shape index (κ2) is 17.5. The largest absolute Gasteiger partial charge is 0.506 e. The number of phenols is 2. The Morgan fingerprint density at radius 2 is 0.900 bits per heavy atom. The van der Waals surface area contributed by atoms with Gasteiger partial charge in [0, 0.05) is 19.8 Å². The molecule has 0 fully saturated rings. The summed E-state index contributed by atoms with van der Waals surface area (Å²) < 4.78 is 12.0. The van der Waals surface area contributed by atoms with Crippen molar-refractivity contribution in [1.29, 1.82) is 0 Å². The maximum absolute atomic E-state index is 13.4. The van der Waals surface area contributed by atoms with Gasteiger partial charge in [0.2, 0.25) is 5.91 Å². The topological polar surface area (TPSA) is 274 Å². The molecule has 0 aliphatic rings. The van der Waals surface area contributed by atoms with Crippen molar-refractivity contribution in [1.82, 2.24) is 59.6 Å². The predicted octanol–water partition coefficient (Wildman–Crippen LogP) is 0.997. The van der Waals surface area contributed by atoms with Crippen molar-refractivity contribution in [3.63, 3.8) is 0 Å². The number of hydrogen-bond donors (Lipinski definition) is 5. The summed E-state index contributed by atoms with van der Waals surface area (Å²) in [6, 6.07) is 23.8. The first kappa shape index (κ1) is 39.9. The number of aromatic hydroxyl groups is 2. The van der Waals surface area contributed by atoms with E-state index < -0.39 is 55.2 Å². The molecule has 0 saturated heterocycles. The number of carbonyl (C=O) groups is 3. The maximum Gasteiger partial charge on any atom is 0.408 e. The number of fused-ring (bicyclic) bond motifs is 2. The van der Waals surface area contributed by atoms with Crippen molar-refractivity contribution in [3.05, 3.63) is 128 Å². The van der Waals surface area contributed by atoms with Crippen LogP contribution in [-0.4, -0.2) is 85.2 Å². The highest BCUT2D eigenvalue weighted by atomic mass is 16.6. The van der Waals surface area contributed by atoms with Crippen LogP contribution in [0.25, 0.3) is 33.4 Å². The average molecular weight is 821 g/mol. The SMILES string of the molecule is CC(=O)NCn1c(=O)n(CNC(=O)OCCc2ccc(O)c(-n3nc4ccccc4n3)c2)c(=O)n(CNC(=O)OCCc2ccc(O)c(-n3nc4ccccc4n3)c2)c1=O. The summed E-state index contributed by atoms with van der Waals surface area (Å²) in [4.78, 5) is 79.3. The molecular weight excluding hydrogens is 784 g/mol. The zero-order valence-corrected chi connectivity index (χ0v) is 31.7. The summed E-state index contributed by atoms with van der Waals surface area (Å²) in [6.07, 6.45) is -1.62. The number of alkyl carbamates (subject to hydrolysis) is 2. The van der Waals surface area contributed by atoms with Gasteiger partial charge in [-0.3, -0.25) is 4.79 Å². The number of hydrogen-bond acceptors (Lipinski definition) is 14. The fraction of sp³-hybridized carbons (Fsp3) is 0.211. The minimum atomic E-state index is -1.20. The maximum atomic E-state index is 13.4. The molecule has 0 atom stereocenters. The third-order valence-corrected chi connectivity index (χ3v) is 8.97. The van der Waals surface area contributed by atoms with Crippen LogP contribution in [0.15, 0.2) is 99.3 Å². The van der Waals surface area contributed by atoms with Crippen LogP contribution >= 0.6 is 0 Å². The Balaban J connectivity index is 0.957. The Kier molecular flexibility index (Phi) is 11.6. The Morgan fingerprint density at radius 1 is 0.550 bits per heavy atom. The van der Waals surface area contributed by atoms with E-state index in [0.29, 0.717) is 58.3 Å². The fourth-order valence-corrected chi connectivity index (χ4v) is 5.90. The Morgan fingerprint density at radius 3 is 1.25 bits per heavy atom. The lowest BCUT2D eigenvalue weighted by Crippen LogP contribution is -2.58. The molecule has 7 aromatic rings. The van der Waals surface area contributed by atoms with Crippen LogP contribution < -0.4 is 33.0 Å². The molecule has 0 aliphatic carbocycles. The van der Waals surface area contributed by atoms with Gasteiger partial charge in [0.1, 0.15) is 64.9 Å². The monoisotopic (exact) mass is 820 g/mol. The van der Waals surface area contributed by atoms with E-state index in [1.807, 2.05) is 24.3 Å². The van der Waals surface area contributed by atoms with Gasteiger partial charge in [-0.05, 0) is 59.7 Å². The van der Waals surface area contributed by atoms with Crippen LogP contribution in [0.1, 0.15) is 18.1 Å². The molecule has 22 nitrogen and oxygen atoms in total. The molecule has 0 aliphatic heterocycles. The molecule has 7 rings (SSSR count).